The van der Waals surface area contributed by atoms with E-state index in [4.69, 9.17) is 9.84 Å². The van der Waals surface area contributed by atoms with E-state index in [2.05, 4.69) is 0 Å². The molecule has 0 amide bonds. The van der Waals surface area contributed by atoms with Crippen molar-refractivity contribution in [2.75, 3.05) is 0 Å². The Morgan fingerprint density at radius 1 is 1.12 bits per heavy atom. The quantitative estimate of drug-likeness (QED) is 0.600. The first kappa shape index (κ1) is 21.0. The predicted molar refractivity (Wildman–Crippen MR) is 82.7 cm³/mol. The number of aliphatic hydroxyl groups is 1. The van der Waals surface area contributed by atoms with Crippen molar-refractivity contribution in [1.29, 1.82) is 0 Å². The summed E-state index contributed by atoms with van der Waals surface area (Å²) in [4.78, 5) is 23.2. The van der Waals surface area contributed by atoms with E-state index in [0.29, 0.717) is 5.56 Å². The average molecular weight is 362 g/mol. The van der Waals surface area contributed by atoms with Gasteiger partial charge in [-0.15, -0.1) is 0 Å². The zero-order valence-corrected chi connectivity index (χ0v) is 14.1. The molecule has 2 atom stereocenters. The van der Waals surface area contributed by atoms with E-state index in [1.54, 1.807) is 20.8 Å². The van der Waals surface area contributed by atoms with Crippen LogP contribution in [-0.2, 0) is 26.9 Å². The highest BCUT2D eigenvalue weighted by Gasteiger charge is 2.37. The zero-order chi connectivity index (χ0) is 19.4. The van der Waals surface area contributed by atoms with Gasteiger partial charge in [-0.1, -0.05) is 12.1 Å². The maximum absolute atomic E-state index is 12.5. The third-order valence-electron chi connectivity index (χ3n) is 3.32. The monoisotopic (exact) mass is 362 g/mol. The molecular formula is C17H21F3O5. The molecule has 0 aliphatic rings. The Kier molecular flexibility index (Phi) is 6.59. The number of ether oxygens (including phenoxy) is 1. The Morgan fingerprint density at radius 3 is 2.04 bits per heavy atom. The molecule has 140 valence electrons. The number of carboxylic acid groups (broad SMARTS) is 1. The van der Waals surface area contributed by atoms with Crippen LogP contribution in [-0.4, -0.2) is 33.9 Å². The minimum absolute atomic E-state index is 0.110. The van der Waals surface area contributed by atoms with E-state index in [0.717, 1.165) is 12.1 Å². The number of aryl methyl sites for hydroxylation is 1. The lowest BCUT2D eigenvalue weighted by Gasteiger charge is -2.24. The predicted octanol–water partition coefficient (Wildman–Crippen LogP) is 3.04. The molecule has 0 bridgehead atoms. The molecule has 0 saturated heterocycles. The van der Waals surface area contributed by atoms with Gasteiger partial charge in [-0.3, -0.25) is 9.59 Å². The van der Waals surface area contributed by atoms with Gasteiger partial charge in [0.05, 0.1) is 11.7 Å². The highest BCUT2D eigenvalue weighted by molar-refractivity contribution is 5.94. The Balaban J connectivity index is 2.73. The number of esters is 1. The van der Waals surface area contributed by atoms with Crippen molar-refractivity contribution in [3.8, 4) is 0 Å². The molecule has 2 N–H and O–H groups in total. The van der Waals surface area contributed by atoms with Crippen molar-refractivity contribution >= 4 is 11.9 Å². The lowest BCUT2D eigenvalue weighted by molar-refractivity contribution is -0.172. The normalized spacial score (nSPS) is 14.7. The summed E-state index contributed by atoms with van der Waals surface area (Å²) in [5.41, 5.74) is -1.22. The molecule has 0 spiro atoms. The fraction of sp³-hybridized carbons (Fsp3) is 0.529. The zero-order valence-electron chi connectivity index (χ0n) is 14.1. The summed E-state index contributed by atoms with van der Waals surface area (Å²) >= 11 is 0. The van der Waals surface area contributed by atoms with Crippen LogP contribution in [0.5, 0.6) is 0 Å². The van der Waals surface area contributed by atoms with E-state index < -0.39 is 41.3 Å². The first-order valence-corrected chi connectivity index (χ1v) is 7.61. The summed E-state index contributed by atoms with van der Waals surface area (Å²) < 4.78 is 42.5. The number of aliphatic hydroxyl groups excluding tert-OH is 1. The lowest BCUT2D eigenvalue weighted by atomic mass is 9.95. The van der Waals surface area contributed by atoms with E-state index in [1.807, 2.05) is 0 Å². The fourth-order valence-electron chi connectivity index (χ4n) is 2.13. The molecule has 0 heterocycles. The molecule has 2 unspecified atom stereocenters. The topological polar surface area (TPSA) is 83.8 Å². The highest BCUT2D eigenvalue weighted by Crippen LogP contribution is 2.29. The average Bonchev–Trinajstić information content (AvgIpc) is 2.42. The summed E-state index contributed by atoms with van der Waals surface area (Å²) in [6, 6.07) is 4.31. The summed E-state index contributed by atoms with van der Waals surface area (Å²) in [5.74, 6) is -4.33. The number of halogens is 3. The second-order valence-electron chi connectivity index (χ2n) is 6.65. The number of benzene rings is 1. The molecule has 0 saturated carbocycles. The van der Waals surface area contributed by atoms with E-state index in [-0.39, 0.29) is 12.8 Å². The largest absolute Gasteiger partial charge is 0.481 e. The van der Waals surface area contributed by atoms with Gasteiger partial charge in [0.1, 0.15) is 5.60 Å². The van der Waals surface area contributed by atoms with E-state index in [9.17, 15) is 27.9 Å². The number of hydrogen-bond donors (Lipinski definition) is 2. The fourth-order valence-corrected chi connectivity index (χ4v) is 2.13. The second kappa shape index (κ2) is 7.86. The van der Waals surface area contributed by atoms with Crippen LogP contribution in [0.4, 0.5) is 13.2 Å². The summed E-state index contributed by atoms with van der Waals surface area (Å²) in [7, 11) is 0. The van der Waals surface area contributed by atoms with Crippen LogP contribution in [0.1, 0.15) is 38.3 Å². The van der Waals surface area contributed by atoms with Gasteiger partial charge in [-0.25, -0.2) is 0 Å². The molecule has 0 aliphatic heterocycles. The van der Waals surface area contributed by atoms with Crippen LogP contribution in [0.15, 0.2) is 24.3 Å². The molecule has 5 nitrogen and oxygen atoms in total. The van der Waals surface area contributed by atoms with E-state index in [1.165, 1.54) is 12.1 Å². The maximum Gasteiger partial charge on any atom is 0.416 e. The van der Waals surface area contributed by atoms with Crippen molar-refractivity contribution in [2.45, 2.75) is 51.5 Å². The molecule has 0 aliphatic carbocycles. The molecule has 1 rings (SSSR count). The third-order valence-corrected chi connectivity index (χ3v) is 3.32. The number of carboxylic acids is 1. The SMILES string of the molecule is CC(C)(C)OC(=O)C(C(=O)O)C(O)CCc1ccc(C(F)(F)F)cc1. The van der Waals surface area contributed by atoms with Gasteiger partial charge in [0.25, 0.3) is 0 Å². The van der Waals surface area contributed by atoms with Crippen LogP contribution in [0.3, 0.4) is 0 Å². The Morgan fingerprint density at radius 2 is 1.64 bits per heavy atom. The van der Waals surface area contributed by atoms with Gasteiger partial charge in [0, 0.05) is 0 Å². The number of alkyl halides is 3. The molecule has 0 radical (unpaired) electrons. The van der Waals surface area contributed by atoms with Crippen LogP contribution in [0.2, 0.25) is 0 Å². The van der Waals surface area contributed by atoms with Gasteiger partial charge in [-0.05, 0) is 51.3 Å². The standard InChI is InChI=1S/C17H21F3O5/c1-16(2,3)25-15(24)13(14(22)23)12(21)9-6-10-4-7-11(8-5-10)17(18,19)20/h4-5,7-8,12-13,21H,6,9H2,1-3H3,(H,22,23). The van der Waals surface area contributed by atoms with E-state index >= 15 is 0 Å². The van der Waals surface area contributed by atoms with Crippen molar-refractivity contribution in [1.82, 2.24) is 0 Å². The smallest absolute Gasteiger partial charge is 0.416 e. The van der Waals surface area contributed by atoms with Crippen LogP contribution >= 0.6 is 0 Å². The maximum atomic E-state index is 12.5. The van der Waals surface area contributed by atoms with Gasteiger partial charge >= 0.3 is 18.1 Å². The Hall–Kier alpha value is -2.09. The minimum atomic E-state index is -4.44. The second-order valence-corrected chi connectivity index (χ2v) is 6.65. The summed E-state index contributed by atoms with van der Waals surface area (Å²) in [6.07, 6.45) is -5.95. The molecule has 1 aromatic carbocycles. The molecule has 8 heteroatoms. The molecular weight excluding hydrogens is 341 g/mol. The Bertz CT molecular complexity index is 602. The van der Waals surface area contributed by atoms with Gasteiger partial charge in [-0.2, -0.15) is 13.2 Å². The van der Waals surface area contributed by atoms with Crippen LogP contribution in [0.25, 0.3) is 0 Å². The number of aliphatic carboxylic acids is 1. The third kappa shape index (κ3) is 6.74. The van der Waals surface area contributed by atoms with Crippen molar-refractivity contribution in [3.05, 3.63) is 35.4 Å². The molecule has 1 aromatic rings. The van der Waals surface area contributed by atoms with Gasteiger partial charge in [0.15, 0.2) is 5.92 Å². The number of hydrogen-bond acceptors (Lipinski definition) is 4. The number of carbonyl (C=O) groups excluding carboxylic acids is 1. The first-order chi connectivity index (χ1) is 11.3. The van der Waals surface area contributed by atoms with Crippen molar-refractivity contribution in [2.24, 2.45) is 5.92 Å². The molecule has 25 heavy (non-hydrogen) atoms. The van der Waals surface area contributed by atoms with Gasteiger partial charge in [0.2, 0.25) is 0 Å². The summed E-state index contributed by atoms with van der Waals surface area (Å²) in [5, 5.41) is 19.2. The summed E-state index contributed by atoms with van der Waals surface area (Å²) in [6.45, 7) is 4.70. The highest BCUT2D eigenvalue weighted by atomic mass is 19.4. The van der Waals surface area contributed by atoms with Crippen molar-refractivity contribution in [3.63, 3.8) is 0 Å². The van der Waals surface area contributed by atoms with Crippen LogP contribution < -0.4 is 0 Å². The number of rotatable bonds is 6. The van der Waals surface area contributed by atoms with Gasteiger partial charge < -0.3 is 14.9 Å². The van der Waals surface area contributed by atoms with Crippen LogP contribution in [0, 0.1) is 5.92 Å². The Labute approximate surface area is 143 Å². The lowest BCUT2D eigenvalue weighted by Crippen LogP contribution is -2.40. The molecule has 0 fully saturated rings. The molecule has 0 aromatic heterocycles. The first-order valence-electron chi connectivity index (χ1n) is 7.61. The van der Waals surface area contributed by atoms with Crippen molar-refractivity contribution < 1.29 is 37.7 Å². The minimum Gasteiger partial charge on any atom is -0.481 e. The number of carbonyl (C=O) groups is 2.